The molecule has 22 heavy (non-hydrogen) atoms. The van der Waals surface area contributed by atoms with Gasteiger partial charge in [0.25, 0.3) is 0 Å². The van der Waals surface area contributed by atoms with Gasteiger partial charge in [0.2, 0.25) is 0 Å². The Labute approximate surface area is 128 Å². The molecule has 122 valence electrons. The Hall–Kier alpha value is -2.14. The lowest BCUT2D eigenvalue weighted by Crippen LogP contribution is -2.56. The van der Waals surface area contributed by atoms with Gasteiger partial charge in [-0.2, -0.15) is 5.26 Å². The molecule has 8 nitrogen and oxygen atoms in total. The average molecular weight is 313 g/mol. The molecule has 0 aromatic carbocycles. The molecule has 0 bridgehead atoms. The second-order valence-electron chi connectivity index (χ2n) is 5.03. The third kappa shape index (κ3) is 4.70. The van der Waals surface area contributed by atoms with Crippen LogP contribution < -0.4 is 0 Å². The monoisotopic (exact) mass is 313 g/mol. The molecule has 1 heterocycles. The molecule has 8 heteroatoms. The van der Waals surface area contributed by atoms with Crippen molar-refractivity contribution in [2.45, 2.75) is 52.1 Å². The van der Waals surface area contributed by atoms with Crippen molar-refractivity contribution in [3.63, 3.8) is 0 Å². The van der Waals surface area contributed by atoms with Crippen LogP contribution in [0.5, 0.6) is 0 Å². The molecule has 0 radical (unpaired) electrons. The van der Waals surface area contributed by atoms with Gasteiger partial charge in [0, 0.05) is 26.7 Å². The first-order valence-electron chi connectivity index (χ1n) is 6.79. The second kappa shape index (κ2) is 7.75. The molecule has 1 aliphatic heterocycles. The maximum atomic E-state index is 11.3. The first-order valence-corrected chi connectivity index (χ1v) is 6.79. The van der Waals surface area contributed by atoms with E-state index in [0.29, 0.717) is 0 Å². The number of hydrogen-bond acceptors (Lipinski definition) is 8. The summed E-state index contributed by atoms with van der Waals surface area (Å²) in [6, 6.07) is 1.90. The zero-order valence-electron chi connectivity index (χ0n) is 12.9. The summed E-state index contributed by atoms with van der Waals surface area (Å²) < 4.78 is 20.7. The third-order valence-electron chi connectivity index (χ3n) is 3.20. The number of esters is 3. The van der Waals surface area contributed by atoms with Crippen LogP contribution in [0.15, 0.2) is 0 Å². The highest BCUT2D eigenvalue weighted by molar-refractivity contribution is 5.67. The zero-order valence-corrected chi connectivity index (χ0v) is 12.9. The lowest BCUT2D eigenvalue weighted by Gasteiger charge is -2.41. The Kier molecular flexibility index (Phi) is 6.31. The smallest absolute Gasteiger partial charge is 0.303 e. The van der Waals surface area contributed by atoms with E-state index in [4.69, 9.17) is 18.9 Å². The predicted molar refractivity (Wildman–Crippen MR) is 71.2 cm³/mol. The summed E-state index contributed by atoms with van der Waals surface area (Å²) in [6.45, 7) is 5.19. The Bertz CT molecular complexity index is 482. The molecule has 1 saturated heterocycles. The summed E-state index contributed by atoms with van der Waals surface area (Å²) in [5.41, 5.74) is 0. The normalized spacial score (nSPS) is 30.8. The van der Waals surface area contributed by atoms with Gasteiger partial charge in [-0.1, -0.05) is 6.92 Å². The van der Waals surface area contributed by atoms with Gasteiger partial charge < -0.3 is 18.9 Å². The van der Waals surface area contributed by atoms with E-state index in [0.717, 1.165) is 0 Å². The summed E-state index contributed by atoms with van der Waals surface area (Å²) in [7, 11) is 0. The first kappa shape index (κ1) is 17.9. The van der Waals surface area contributed by atoms with Crippen LogP contribution >= 0.6 is 0 Å². The van der Waals surface area contributed by atoms with Gasteiger partial charge >= 0.3 is 17.9 Å². The van der Waals surface area contributed by atoms with E-state index in [9.17, 15) is 19.6 Å². The van der Waals surface area contributed by atoms with Gasteiger partial charge in [-0.3, -0.25) is 14.4 Å². The van der Waals surface area contributed by atoms with Crippen LogP contribution in [0.1, 0.15) is 27.7 Å². The molecule has 0 aliphatic carbocycles. The standard InChI is InChI=1S/C14H19NO7/c1-7-13(20-9(3)17)11(5-15)22-12(6-19-8(2)16)14(7)21-10(4)18/h7,11-14H,6H2,1-4H3/t7-,11+,12?,13?,14-/m1/s1. The number of ether oxygens (including phenoxy) is 4. The van der Waals surface area contributed by atoms with E-state index in [1.165, 1.54) is 20.8 Å². The number of hydrogen-bond donors (Lipinski definition) is 0. The largest absolute Gasteiger partial charge is 0.463 e. The zero-order chi connectivity index (χ0) is 16.9. The van der Waals surface area contributed by atoms with Gasteiger partial charge in [-0.05, 0) is 0 Å². The highest BCUT2D eigenvalue weighted by atomic mass is 16.6. The molecule has 5 atom stereocenters. The molecule has 1 aliphatic rings. The van der Waals surface area contributed by atoms with Gasteiger partial charge in [-0.25, -0.2) is 0 Å². The Morgan fingerprint density at radius 3 is 2.05 bits per heavy atom. The maximum Gasteiger partial charge on any atom is 0.303 e. The van der Waals surface area contributed by atoms with Crippen molar-refractivity contribution in [3.8, 4) is 6.07 Å². The van der Waals surface area contributed by atoms with Gasteiger partial charge in [0.1, 0.15) is 24.9 Å². The van der Waals surface area contributed by atoms with Gasteiger partial charge in [0.15, 0.2) is 6.10 Å². The molecule has 0 amide bonds. The molecule has 0 spiro atoms. The van der Waals surface area contributed by atoms with E-state index >= 15 is 0 Å². The van der Waals surface area contributed by atoms with Crippen LogP contribution in [-0.4, -0.2) is 48.9 Å². The maximum absolute atomic E-state index is 11.3. The predicted octanol–water partition coefficient (Wildman–Crippen LogP) is 0.340. The number of rotatable bonds is 4. The van der Waals surface area contributed by atoms with E-state index in [1.807, 2.05) is 6.07 Å². The summed E-state index contributed by atoms with van der Waals surface area (Å²) in [5.74, 6) is -2.13. The minimum Gasteiger partial charge on any atom is -0.463 e. The van der Waals surface area contributed by atoms with Crippen LogP contribution in [0.2, 0.25) is 0 Å². The number of nitrogens with zero attached hydrogens (tertiary/aromatic N) is 1. The van der Waals surface area contributed by atoms with Crippen LogP contribution in [0, 0.1) is 17.2 Å². The van der Waals surface area contributed by atoms with Crippen LogP contribution in [-0.2, 0) is 33.3 Å². The van der Waals surface area contributed by atoms with E-state index < -0.39 is 48.2 Å². The summed E-state index contributed by atoms with van der Waals surface area (Å²) in [6.07, 6.45) is -3.52. The van der Waals surface area contributed by atoms with E-state index in [-0.39, 0.29) is 6.61 Å². The SMILES string of the molecule is CC(=O)OCC1O[C@@H](C#N)C(OC(C)=O)[C@@H](C)[C@H]1OC(C)=O. The minimum absolute atomic E-state index is 0.164. The Morgan fingerprint density at radius 1 is 1.05 bits per heavy atom. The quantitative estimate of drug-likeness (QED) is 0.539. The summed E-state index contributed by atoms with van der Waals surface area (Å²) in [4.78, 5) is 33.4. The number of nitriles is 1. The fourth-order valence-corrected chi connectivity index (χ4v) is 2.32. The highest BCUT2D eigenvalue weighted by Gasteiger charge is 2.47. The minimum atomic E-state index is -1.04. The van der Waals surface area contributed by atoms with E-state index in [1.54, 1.807) is 6.92 Å². The molecule has 1 fully saturated rings. The second-order valence-corrected chi connectivity index (χ2v) is 5.03. The molecule has 0 saturated carbocycles. The molecule has 2 unspecified atom stereocenters. The first-order chi connectivity index (χ1) is 10.3. The Morgan fingerprint density at radius 2 is 1.59 bits per heavy atom. The fourth-order valence-electron chi connectivity index (χ4n) is 2.32. The van der Waals surface area contributed by atoms with Gasteiger partial charge in [0.05, 0.1) is 6.07 Å². The topological polar surface area (TPSA) is 112 Å². The van der Waals surface area contributed by atoms with Crippen LogP contribution in [0.3, 0.4) is 0 Å². The molecular weight excluding hydrogens is 294 g/mol. The van der Waals surface area contributed by atoms with Crippen molar-refractivity contribution >= 4 is 17.9 Å². The fraction of sp³-hybridized carbons (Fsp3) is 0.714. The van der Waals surface area contributed by atoms with Crippen molar-refractivity contribution in [2.24, 2.45) is 5.92 Å². The molecule has 1 rings (SSSR count). The molecule has 0 aromatic rings. The van der Waals surface area contributed by atoms with Crippen molar-refractivity contribution in [1.82, 2.24) is 0 Å². The Balaban J connectivity index is 2.97. The van der Waals surface area contributed by atoms with Crippen molar-refractivity contribution in [2.75, 3.05) is 6.61 Å². The van der Waals surface area contributed by atoms with Crippen molar-refractivity contribution in [1.29, 1.82) is 5.26 Å². The molecule has 0 aromatic heterocycles. The van der Waals surface area contributed by atoms with Gasteiger partial charge in [-0.15, -0.1) is 0 Å². The van der Waals surface area contributed by atoms with Crippen LogP contribution in [0.25, 0.3) is 0 Å². The number of carbonyl (C=O) groups is 3. The highest BCUT2D eigenvalue weighted by Crippen LogP contribution is 2.30. The van der Waals surface area contributed by atoms with E-state index in [2.05, 4.69) is 0 Å². The van der Waals surface area contributed by atoms with Crippen LogP contribution in [0.4, 0.5) is 0 Å². The van der Waals surface area contributed by atoms with Crippen molar-refractivity contribution < 1.29 is 33.3 Å². The average Bonchev–Trinajstić information content (AvgIpc) is 2.41. The number of carbonyl (C=O) groups excluding carboxylic acids is 3. The lowest BCUT2D eigenvalue weighted by atomic mass is 9.87. The lowest BCUT2D eigenvalue weighted by molar-refractivity contribution is -0.218. The summed E-state index contributed by atoms with van der Waals surface area (Å²) >= 11 is 0. The molecule has 0 N–H and O–H groups in total. The third-order valence-corrected chi connectivity index (χ3v) is 3.20. The summed E-state index contributed by atoms with van der Waals surface area (Å²) in [5, 5.41) is 9.17. The van der Waals surface area contributed by atoms with Crippen molar-refractivity contribution in [3.05, 3.63) is 0 Å². The molecular formula is C14H19NO7.